The van der Waals surface area contributed by atoms with Crippen molar-refractivity contribution in [3.05, 3.63) is 72.4 Å². The van der Waals surface area contributed by atoms with Gasteiger partial charge in [-0.3, -0.25) is 0 Å². The zero-order valence-corrected chi connectivity index (χ0v) is 18.2. The predicted octanol–water partition coefficient (Wildman–Crippen LogP) is 5.44. The summed E-state index contributed by atoms with van der Waals surface area (Å²) in [6.45, 7) is 9.66. The fraction of sp³-hybridized carbons (Fsp3) is 0.520. The van der Waals surface area contributed by atoms with E-state index in [-0.39, 0.29) is 0 Å². The van der Waals surface area contributed by atoms with Crippen LogP contribution in [0.15, 0.2) is 66.8 Å². The molecule has 158 valence electrons. The van der Waals surface area contributed by atoms with Crippen LogP contribution >= 0.6 is 0 Å². The van der Waals surface area contributed by atoms with Crippen LogP contribution in [0.1, 0.15) is 51.0 Å². The number of benzene rings is 1. The molecule has 0 heterocycles. The molecule has 0 aliphatic heterocycles. The van der Waals surface area contributed by atoms with Gasteiger partial charge in [0.25, 0.3) is 0 Å². The van der Waals surface area contributed by atoms with E-state index in [1.807, 2.05) is 19.1 Å². The normalized spacial score (nSPS) is 11.3. The monoisotopic (exact) mass is 386 g/mol. The molecule has 0 aliphatic rings. The number of rotatable bonds is 16. The van der Waals surface area contributed by atoms with Gasteiger partial charge in [0.1, 0.15) is 0 Å². The maximum atomic E-state index is 5.74. The van der Waals surface area contributed by atoms with Crippen LogP contribution in [0.2, 0.25) is 0 Å². The lowest BCUT2D eigenvalue weighted by Crippen LogP contribution is -2.17. The molecule has 0 unspecified atom stereocenters. The lowest BCUT2D eigenvalue weighted by molar-refractivity contribution is 0.126. The standard InChI is InChI=1S/C24H37NO.CH5N/c1-3-5-15-23(4-2)22-25-19-12-6-7-13-20-26-21-14-11-18-24-16-9-8-10-17-24;1-2/h3-5,8-10,15-17,25H,2,6-7,11-14,18-22H2,1H3;2H2,1H3/b5-3-,23-15+;. The van der Waals surface area contributed by atoms with Gasteiger partial charge in [0, 0.05) is 19.8 Å². The highest BCUT2D eigenvalue weighted by Gasteiger charge is 1.95. The summed E-state index contributed by atoms with van der Waals surface area (Å²) in [6, 6.07) is 10.7. The van der Waals surface area contributed by atoms with Crippen LogP contribution < -0.4 is 11.1 Å². The van der Waals surface area contributed by atoms with Crippen LogP contribution in [0.5, 0.6) is 0 Å². The summed E-state index contributed by atoms with van der Waals surface area (Å²) < 4.78 is 5.74. The number of hydrogen-bond donors (Lipinski definition) is 2. The molecule has 1 aromatic rings. The van der Waals surface area contributed by atoms with Gasteiger partial charge in [-0.25, -0.2) is 0 Å². The van der Waals surface area contributed by atoms with Gasteiger partial charge in [-0.1, -0.05) is 74.1 Å². The topological polar surface area (TPSA) is 47.3 Å². The Hall–Kier alpha value is -1.68. The van der Waals surface area contributed by atoms with E-state index in [1.165, 1.54) is 50.3 Å². The number of unbranched alkanes of at least 4 members (excludes halogenated alkanes) is 4. The number of nitrogens with one attached hydrogen (secondary N) is 1. The number of allylic oxidation sites excluding steroid dienone is 3. The SMILES string of the molecule is C=C/C(=C\C=C/C)CNCCCCCCOCCCCc1ccccc1.CN. The molecule has 1 aromatic carbocycles. The van der Waals surface area contributed by atoms with E-state index in [9.17, 15) is 0 Å². The van der Waals surface area contributed by atoms with Crippen LogP contribution in [0, 0.1) is 0 Å². The van der Waals surface area contributed by atoms with Crippen molar-refractivity contribution in [1.29, 1.82) is 0 Å². The van der Waals surface area contributed by atoms with Gasteiger partial charge in [-0.05, 0) is 63.8 Å². The van der Waals surface area contributed by atoms with Crippen molar-refractivity contribution in [2.45, 2.75) is 51.9 Å². The minimum atomic E-state index is 0.900. The Morgan fingerprint density at radius 3 is 2.36 bits per heavy atom. The van der Waals surface area contributed by atoms with Crippen molar-refractivity contribution >= 4 is 0 Å². The summed E-state index contributed by atoms with van der Waals surface area (Å²) in [5.74, 6) is 0. The molecule has 0 amide bonds. The summed E-state index contributed by atoms with van der Waals surface area (Å²) in [5.41, 5.74) is 7.17. The molecule has 0 saturated carbocycles. The predicted molar refractivity (Wildman–Crippen MR) is 125 cm³/mol. The molecule has 1 rings (SSSR count). The Kier molecular flexibility index (Phi) is 20.3. The Bertz CT molecular complexity index is 509. The number of nitrogens with two attached hydrogens (primary N) is 1. The first-order valence-corrected chi connectivity index (χ1v) is 10.7. The Balaban J connectivity index is 0.00000352. The third kappa shape index (κ3) is 16.5. The van der Waals surface area contributed by atoms with Gasteiger partial charge in [-0.15, -0.1) is 0 Å². The quantitative estimate of drug-likeness (QED) is 0.294. The average Bonchev–Trinajstić information content (AvgIpc) is 2.75. The second kappa shape index (κ2) is 21.6. The van der Waals surface area contributed by atoms with Gasteiger partial charge in [-0.2, -0.15) is 0 Å². The van der Waals surface area contributed by atoms with Gasteiger partial charge in [0.15, 0.2) is 0 Å². The van der Waals surface area contributed by atoms with Crippen LogP contribution in [-0.2, 0) is 11.2 Å². The van der Waals surface area contributed by atoms with E-state index in [2.05, 4.69) is 60.1 Å². The first-order chi connectivity index (χ1) is 13.9. The number of aryl methyl sites for hydroxylation is 1. The highest BCUT2D eigenvalue weighted by molar-refractivity contribution is 5.23. The fourth-order valence-electron chi connectivity index (χ4n) is 2.74. The van der Waals surface area contributed by atoms with Crippen molar-refractivity contribution < 1.29 is 4.74 Å². The Morgan fingerprint density at radius 2 is 1.68 bits per heavy atom. The smallest absolute Gasteiger partial charge is 0.0466 e. The summed E-state index contributed by atoms with van der Waals surface area (Å²) in [7, 11) is 1.50. The van der Waals surface area contributed by atoms with Crippen LogP contribution in [-0.4, -0.2) is 33.4 Å². The van der Waals surface area contributed by atoms with Gasteiger partial charge in [0.05, 0.1) is 0 Å². The van der Waals surface area contributed by atoms with E-state index in [0.717, 1.165) is 39.1 Å². The first-order valence-electron chi connectivity index (χ1n) is 10.7. The van der Waals surface area contributed by atoms with Gasteiger partial charge >= 0.3 is 0 Å². The second-order valence-electron chi connectivity index (χ2n) is 6.62. The maximum Gasteiger partial charge on any atom is 0.0466 e. The van der Waals surface area contributed by atoms with Crippen molar-refractivity contribution in [2.24, 2.45) is 5.73 Å². The third-order valence-corrected chi connectivity index (χ3v) is 4.33. The fourth-order valence-corrected chi connectivity index (χ4v) is 2.74. The van der Waals surface area contributed by atoms with E-state index in [4.69, 9.17) is 4.74 Å². The third-order valence-electron chi connectivity index (χ3n) is 4.33. The van der Waals surface area contributed by atoms with Crippen molar-refractivity contribution in [2.75, 3.05) is 33.4 Å². The van der Waals surface area contributed by atoms with E-state index in [0.29, 0.717) is 0 Å². The van der Waals surface area contributed by atoms with Crippen molar-refractivity contribution in [1.82, 2.24) is 5.32 Å². The molecule has 0 bridgehead atoms. The van der Waals surface area contributed by atoms with Crippen LogP contribution in [0.25, 0.3) is 0 Å². The largest absolute Gasteiger partial charge is 0.381 e. The molecule has 0 fully saturated rings. The summed E-state index contributed by atoms with van der Waals surface area (Å²) >= 11 is 0. The summed E-state index contributed by atoms with van der Waals surface area (Å²) in [4.78, 5) is 0. The minimum Gasteiger partial charge on any atom is -0.381 e. The molecular weight excluding hydrogens is 344 g/mol. The van der Waals surface area contributed by atoms with Crippen molar-refractivity contribution in [3.8, 4) is 0 Å². The number of hydrogen-bond acceptors (Lipinski definition) is 3. The molecule has 28 heavy (non-hydrogen) atoms. The lowest BCUT2D eigenvalue weighted by Gasteiger charge is -2.06. The maximum absolute atomic E-state index is 5.74. The lowest BCUT2D eigenvalue weighted by atomic mass is 10.1. The minimum absolute atomic E-state index is 0.900. The highest BCUT2D eigenvalue weighted by atomic mass is 16.5. The molecule has 3 heteroatoms. The molecular formula is C25H42N2O. The number of ether oxygens (including phenoxy) is 1. The molecule has 3 N–H and O–H groups in total. The molecule has 3 nitrogen and oxygen atoms in total. The zero-order chi connectivity index (χ0) is 20.7. The van der Waals surface area contributed by atoms with E-state index >= 15 is 0 Å². The molecule has 0 saturated heterocycles. The molecule has 0 atom stereocenters. The summed E-state index contributed by atoms with van der Waals surface area (Å²) in [6.07, 6.45) is 16.6. The van der Waals surface area contributed by atoms with Crippen LogP contribution in [0.4, 0.5) is 0 Å². The van der Waals surface area contributed by atoms with Gasteiger partial charge < -0.3 is 15.8 Å². The summed E-state index contributed by atoms with van der Waals surface area (Å²) in [5, 5.41) is 3.48. The van der Waals surface area contributed by atoms with Crippen molar-refractivity contribution in [3.63, 3.8) is 0 Å². The molecule has 0 radical (unpaired) electrons. The Labute approximate surface area is 173 Å². The van der Waals surface area contributed by atoms with E-state index in [1.54, 1.807) is 0 Å². The highest BCUT2D eigenvalue weighted by Crippen LogP contribution is 2.05. The molecule has 0 aliphatic carbocycles. The zero-order valence-electron chi connectivity index (χ0n) is 18.2. The van der Waals surface area contributed by atoms with Crippen LogP contribution in [0.3, 0.4) is 0 Å². The first kappa shape index (κ1) is 26.3. The second-order valence-corrected chi connectivity index (χ2v) is 6.62. The Morgan fingerprint density at radius 1 is 1.00 bits per heavy atom. The average molecular weight is 387 g/mol. The van der Waals surface area contributed by atoms with E-state index < -0.39 is 0 Å². The van der Waals surface area contributed by atoms with Gasteiger partial charge in [0.2, 0.25) is 0 Å². The molecule has 0 aromatic heterocycles. The molecule has 0 spiro atoms.